The monoisotopic (exact) mass is 230 g/mol. The van der Waals surface area contributed by atoms with Crippen LogP contribution in [0, 0.1) is 5.41 Å². The molecule has 90 valence electrons. The van der Waals surface area contributed by atoms with Gasteiger partial charge in [0.1, 0.15) is 0 Å². The molecule has 0 aliphatic carbocycles. The lowest BCUT2D eigenvalue weighted by atomic mass is 9.79. The summed E-state index contributed by atoms with van der Waals surface area (Å²) in [6, 6.07) is 9.58. The molecule has 3 nitrogen and oxygen atoms in total. The van der Waals surface area contributed by atoms with Crippen LogP contribution in [0.25, 0.3) is 0 Å². The highest BCUT2D eigenvalue weighted by Gasteiger charge is 2.48. The zero-order chi connectivity index (χ0) is 11.9. The molecule has 3 heteroatoms. The molecule has 0 atom stereocenters. The number of likely N-dealkylation sites (tertiary alicyclic amines) is 2. The average molecular weight is 230 g/mol. The van der Waals surface area contributed by atoms with E-state index in [0.717, 1.165) is 25.2 Å². The summed E-state index contributed by atoms with van der Waals surface area (Å²) in [6.07, 6.45) is 1.24. The summed E-state index contributed by atoms with van der Waals surface area (Å²) in [5.74, 6) is 0.186. The summed E-state index contributed by atoms with van der Waals surface area (Å²) in [5, 5.41) is 0. The van der Waals surface area contributed by atoms with E-state index in [1.165, 1.54) is 13.0 Å². The maximum Gasteiger partial charge on any atom is 0.253 e. The van der Waals surface area contributed by atoms with Crippen molar-refractivity contribution in [1.82, 2.24) is 9.80 Å². The van der Waals surface area contributed by atoms with Crippen molar-refractivity contribution < 1.29 is 4.79 Å². The first kappa shape index (κ1) is 10.8. The summed E-state index contributed by atoms with van der Waals surface area (Å²) in [4.78, 5) is 16.5. The lowest BCUT2D eigenvalue weighted by Crippen LogP contribution is -2.59. The standard InChI is InChI=1S/C14H18N2O/c1-15-8-7-14(9-15)10-16(11-14)13(17)12-5-3-2-4-6-12/h2-6H,7-11H2,1H3. The van der Waals surface area contributed by atoms with Gasteiger partial charge in [0.25, 0.3) is 5.91 Å². The minimum absolute atomic E-state index is 0.186. The number of hydrogen-bond donors (Lipinski definition) is 0. The second-order valence-corrected chi connectivity index (χ2v) is 5.52. The Kier molecular flexibility index (Phi) is 2.44. The first-order valence-corrected chi connectivity index (χ1v) is 6.21. The first-order chi connectivity index (χ1) is 8.19. The zero-order valence-electron chi connectivity index (χ0n) is 10.2. The number of carbonyl (C=O) groups excluding carboxylic acids is 1. The highest BCUT2D eigenvalue weighted by atomic mass is 16.2. The summed E-state index contributed by atoms with van der Waals surface area (Å²) < 4.78 is 0. The van der Waals surface area contributed by atoms with E-state index in [4.69, 9.17) is 0 Å². The maximum atomic E-state index is 12.2. The molecule has 2 saturated heterocycles. The van der Waals surface area contributed by atoms with Crippen LogP contribution in [0.3, 0.4) is 0 Å². The number of carbonyl (C=O) groups is 1. The van der Waals surface area contributed by atoms with Gasteiger partial charge in [0.15, 0.2) is 0 Å². The third kappa shape index (κ3) is 1.84. The van der Waals surface area contributed by atoms with Crippen molar-refractivity contribution in [3.63, 3.8) is 0 Å². The van der Waals surface area contributed by atoms with Crippen LogP contribution in [0.4, 0.5) is 0 Å². The van der Waals surface area contributed by atoms with Gasteiger partial charge in [-0.3, -0.25) is 4.79 Å². The van der Waals surface area contributed by atoms with Crippen LogP contribution >= 0.6 is 0 Å². The van der Waals surface area contributed by atoms with Gasteiger partial charge in [-0.15, -0.1) is 0 Å². The molecule has 0 radical (unpaired) electrons. The summed E-state index contributed by atoms with van der Waals surface area (Å²) in [7, 11) is 2.16. The minimum atomic E-state index is 0.186. The number of nitrogens with zero attached hydrogens (tertiary/aromatic N) is 2. The summed E-state index contributed by atoms with van der Waals surface area (Å²) >= 11 is 0. The van der Waals surface area contributed by atoms with Crippen molar-refractivity contribution in [2.75, 3.05) is 33.2 Å². The first-order valence-electron chi connectivity index (χ1n) is 6.21. The predicted octanol–water partition coefficient (Wildman–Crippen LogP) is 1.46. The molecule has 2 aliphatic rings. The molecule has 1 aromatic carbocycles. The molecule has 0 aromatic heterocycles. The number of amides is 1. The lowest BCUT2D eigenvalue weighted by Gasteiger charge is -2.48. The van der Waals surface area contributed by atoms with Gasteiger partial charge >= 0.3 is 0 Å². The molecule has 3 rings (SSSR count). The maximum absolute atomic E-state index is 12.2. The fourth-order valence-corrected chi connectivity index (χ4v) is 3.09. The molecule has 1 aromatic rings. The summed E-state index contributed by atoms with van der Waals surface area (Å²) in [6.45, 7) is 4.19. The van der Waals surface area contributed by atoms with E-state index >= 15 is 0 Å². The molecule has 0 bridgehead atoms. The Morgan fingerprint density at radius 1 is 1.18 bits per heavy atom. The third-order valence-electron chi connectivity index (χ3n) is 3.99. The van der Waals surface area contributed by atoms with Crippen molar-refractivity contribution in [2.45, 2.75) is 6.42 Å². The molecule has 2 aliphatic heterocycles. The van der Waals surface area contributed by atoms with Gasteiger partial charge in [0, 0.05) is 30.6 Å². The van der Waals surface area contributed by atoms with Crippen LogP contribution in [0.1, 0.15) is 16.8 Å². The van der Waals surface area contributed by atoms with Crippen molar-refractivity contribution in [3.8, 4) is 0 Å². The second-order valence-electron chi connectivity index (χ2n) is 5.52. The lowest BCUT2D eigenvalue weighted by molar-refractivity contribution is 0.0118. The Morgan fingerprint density at radius 2 is 1.88 bits per heavy atom. The van der Waals surface area contributed by atoms with Crippen molar-refractivity contribution in [2.24, 2.45) is 5.41 Å². The predicted molar refractivity (Wildman–Crippen MR) is 66.9 cm³/mol. The number of benzene rings is 1. The zero-order valence-corrected chi connectivity index (χ0v) is 10.2. The molecular weight excluding hydrogens is 212 g/mol. The van der Waals surface area contributed by atoms with Gasteiger partial charge in [0.2, 0.25) is 0 Å². The van der Waals surface area contributed by atoms with Crippen LogP contribution in [-0.2, 0) is 0 Å². The van der Waals surface area contributed by atoms with Crippen LogP contribution in [-0.4, -0.2) is 48.9 Å². The van der Waals surface area contributed by atoms with Crippen molar-refractivity contribution in [1.29, 1.82) is 0 Å². The van der Waals surface area contributed by atoms with Gasteiger partial charge < -0.3 is 9.80 Å². The van der Waals surface area contributed by atoms with Crippen molar-refractivity contribution in [3.05, 3.63) is 35.9 Å². The molecule has 1 amide bonds. The Labute approximate surface area is 102 Å². The second kappa shape index (κ2) is 3.84. The molecule has 2 heterocycles. The van der Waals surface area contributed by atoms with Gasteiger partial charge in [-0.2, -0.15) is 0 Å². The van der Waals surface area contributed by atoms with Gasteiger partial charge in [-0.05, 0) is 32.1 Å². The Morgan fingerprint density at radius 3 is 2.47 bits per heavy atom. The summed E-state index contributed by atoms with van der Waals surface area (Å²) in [5.41, 5.74) is 1.22. The van der Waals surface area contributed by atoms with E-state index < -0.39 is 0 Å². The molecular formula is C14H18N2O. The van der Waals surface area contributed by atoms with Crippen LogP contribution in [0.2, 0.25) is 0 Å². The molecule has 1 spiro atoms. The fraction of sp³-hybridized carbons (Fsp3) is 0.500. The molecule has 0 N–H and O–H groups in total. The molecule has 0 unspecified atom stereocenters. The van der Waals surface area contributed by atoms with E-state index in [0.29, 0.717) is 5.41 Å². The molecule has 0 saturated carbocycles. The number of hydrogen-bond acceptors (Lipinski definition) is 2. The van der Waals surface area contributed by atoms with E-state index in [2.05, 4.69) is 11.9 Å². The van der Waals surface area contributed by atoms with E-state index in [-0.39, 0.29) is 5.91 Å². The average Bonchev–Trinajstić information content (AvgIpc) is 2.70. The van der Waals surface area contributed by atoms with E-state index in [9.17, 15) is 4.79 Å². The Balaban J connectivity index is 1.64. The minimum Gasteiger partial charge on any atom is -0.337 e. The topological polar surface area (TPSA) is 23.6 Å². The smallest absolute Gasteiger partial charge is 0.253 e. The van der Waals surface area contributed by atoms with Crippen LogP contribution in [0.15, 0.2) is 30.3 Å². The molecule has 2 fully saturated rings. The highest BCUT2D eigenvalue weighted by Crippen LogP contribution is 2.39. The SMILES string of the molecule is CN1CCC2(C1)CN(C(=O)c1ccccc1)C2. The Bertz CT molecular complexity index is 423. The van der Waals surface area contributed by atoms with Crippen LogP contribution in [0.5, 0.6) is 0 Å². The fourth-order valence-electron chi connectivity index (χ4n) is 3.09. The van der Waals surface area contributed by atoms with E-state index in [1.807, 2.05) is 35.2 Å². The van der Waals surface area contributed by atoms with Crippen LogP contribution < -0.4 is 0 Å². The normalized spacial score (nSPS) is 22.8. The van der Waals surface area contributed by atoms with Crippen molar-refractivity contribution >= 4 is 5.91 Å². The number of rotatable bonds is 1. The Hall–Kier alpha value is -1.35. The highest BCUT2D eigenvalue weighted by molar-refractivity contribution is 5.94. The van der Waals surface area contributed by atoms with Gasteiger partial charge in [-0.1, -0.05) is 18.2 Å². The largest absolute Gasteiger partial charge is 0.337 e. The third-order valence-corrected chi connectivity index (χ3v) is 3.99. The van der Waals surface area contributed by atoms with Gasteiger partial charge in [-0.25, -0.2) is 0 Å². The van der Waals surface area contributed by atoms with E-state index in [1.54, 1.807) is 0 Å². The molecule has 17 heavy (non-hydrogen) atoms. The quantitative estimate of drug-likeness (QED) is 0.729. The van der Waals surface area contributed by atoms with Gasteiger partial charge in [0.05, 0.1) is 0 Å².